The van der Waals surface area contributed by atoms with Crippen LogP contribution in [0, 0.1) is 6.92 Å². The number of aromatic nitrogens is 2. The second-order valence-electron chi connectivity index (χ2n) is 5.26. The van der Waals surface area contributed by atoms with E-state index >= 15 is 0 Å². The van der Waals surface area contributed by atoms with E-state index < -0.39 is 10.0 Å². The lowest BCUT2D eigenvalue weighted by Crippen LogP contribution is -2.27. The van der Waals surface area contributed by atoms with Gasteiger partial charge >= 0.3 is 0 Å². The Bertz CT molecular complexity index is 734. The summed E-state index contributed by atoms with van der Waals surface area (Å²) in [5, 5.41) is 3.95. The van der Waals surface area contributed by atoms with Crippen molar-refractivity contribution in [2.75, 3.05) is 18.4 Å². The Hall–Kier alpha value is -1.51. The third-order valence-corrected chi connectivity index (χ3v) is 6.27. The lowest BCUT2D eigenvalue weighted by molar-refractivity contribution is 0.477. The van der Waals surface area contributed by atoms with E-state index in [9.17, 15) is 8.42 Å². The molecule has 0 saturated carbocycles. The van der Waals surface area contributed by atoms with E-state index in [0.717, 1.165) is 29.4 Å². The van der Waals surface area contributed by atoms with Crippen LogP contribution in [0.1, 0.15) is 24.2 Å². The van der Waals surface area contributed by atoms with Gasteiger partial charge in [0.25, 0.3) is 0 Å². The minimum atomic E-state index is -3.33. The van der Waals surface area contributed by atoms with Gasteiger partial charge in [0, 0.05) is 31.2 Å². The average molecular weight is 338 g/mol. The monoisotopic (exact) mass is 338 g/mol. The number of hydrogen-bond donors (Lipinski definition) is 1. The number of nitrogens with zero attached hydrogens (tertiary/aromatic N) is 3. The van der Waals surface area contributed by atoms with Crippen LogP contribution in [0.4, 0.5) is 5.13 Å². The first-order chi connectivity index (χ1) is 10.6. The lowest BCUT2D eigenvalue weighted by atomic mass is 10.2. The number of rotatable bonds is 5. The highest BCUT2D eigenvalue weighted by Crippen LogP contribution is 2.21. The molecule has 1 aromatic carbocycles. The molecule has 0 unspecified atom stereocenters. The largest absolute Gasteiger partial charge is 0.356 e. The molecule has 1 aliphatic heterocycles. The van der Waals surface area contributed by atoms with Gasteiger partial charge in [-0.3, -0.25) is 0 Å². The third kappa shape index (κ3) is 3.29. The standard InChI is InChI=1S/C14H18N4O2S2/c1-11-16-14(21-17-11)15-10-12-4-6-13(7-5-12)22(19,20)18-8-2-3-9-18/h4-7H,2-3,8-10H2,1H3,(H,15,16,17). The first kappa shape index (κ1) is 15.4. The van der Waals surface area contributed by atoms with Crippen molar-refractivity contribution >= 4 is 26.7 Å². The molecule has 1 aromatic heterocycles. The van der Waals surface area contributed by atoms with Crippen molar-refractivity contribution in [2.45, 2.75) is 31.2 Å². The molecule has 22 heavy (non-hydrogen) atoms. The van der Waals surface area contributed by atoms with E-state index in [1.807, 2.05) is 19.1 Å². The van der Waals surface area contributed by atoms with E-state index in [0.29, 0.717) is 24.5 Å². The summed E-state index contributed by atoms with van der Waals surface area (Å²) in [6.45, 7) is 3.70. The van der Waals surface area contributed by atoms with E-state index in [4.69, 9.17) is 0 Å². The number of nitrogens with one attached hydrogen (secondary N) is 1. The van der Waals surface area contributed by atoms with Gasteiger partial charge in [-0.25, -0.2) is 13.4 Å². The van der Waals surface area contributed by atoms with Crippen molar-refractivity contribution < 1.29 is 8.42 Å². The molecule has 0 amide bonds. The molecule has 0 atom stereocenters. The summed E-state index contributed by atoms with van der Waals surface area (Å²) < 4.78 is 30.5. The Morgan fingerprint density at radius 2 is 1.91 bits per heavy atom. The molecule has 1 N–H and O–H groups in total. The van der Waals surface area contributed by atoms with Crippen molar-refractivity contribution in [3.63, 3.8) is 0 Å². The molecule has 1 saturated heterocycles. The third-order valence-electron chi connectivity index (χ3n) is 3.60. The highest BCUT2D eigenvalue weighted by molar-refractivity contribution is 7.89. The molecule has 2 heterocycles. The number of aryl methyl sites for hydroxylation is 1. The first-order valence-corrected chi connectivity index (χ1v) is 9.40. The van der Waals surface area contributed by atoms with Crippen molar-refractivity contribution in [3.8, 4) is 0 Å². The summed E-state index contributed by atoms with van der Waals surface area (Å²) >= 11 is 1.32. The fourth-order valence-corrected chi connectivity index (χ4v) is 4.49. The van der Waals surface area contributed by atoms with Crippen LogP contribution in [0.5, 0.6) is 0 Å². The van der Waals surface area contributed by atoms with Crippen LogP contribution in [0.15, 0.2) is 29.2 Å². The van der Waals surface area contributed by atoms with E-state index in [1.54, 1.807) is 16.4 Å². The molecule has 1 aliphatic rings. The summed E-state index contributed by atoms with van der Waals surface area (Å²) in [5.74, 6) is 0.750. The summed E-state index contributed by atoms with van der Waals surface area (Å²) in [7, 11) is -3.33. The van der Waals surface area contributed by atoms with Gasteiger partial charge in [0.2, 0.25) is 15.2 Å². The highest BCUT2D eigenvalue weighted by Gasteiger charge is 2.26. The Balaban J connectivity index is 1.67. The van der Waals surface area contributed by atoms with Crippen LogP contribution < -0.4 is 5.32 Å². The predicted molar refractivity (Wildman–Crippen MR) is 86.4 cm³/mol. The van der Waals surface area contributed by atoms with Gasteiger partial charge in [-0.05, 0) is 37.5 Å². The Kier molecular flexibility index (Phi) is 4.42. The van der Waals surface area contributed by atoms with Crippen molar-refractivity contribution in [1.82, 2.24) is 13.7 Å². The van der Waals surface area contributed by atoms with Crippen LogP contribution >= 0.6 is 11.5 Å². The van der Waals surface area contributed by atoms with Crippen molar-refractivity contribution in [2.24, 2.45) is 0 Å². The fraction of sp³-hybridized carbons (Fsp3) is 0.429. The van der Waals surface area contributed by atoms with Crippen LogP contribution in [0.2, 0.25) is 0 Å². The van der Waals surface area contributed by atoms with Gasteiger partial charge < -0.3 is 5.32 Å². The fourth-order valence-electron chi connectivity index (χ4n) is 2.40. The minimum absolute atomic E-state index is 0.366. The van der Waals surface area contributed by atoms with Crippen LogP contribution in [0.3, 0.4) is 0 Å². The second-order valence-corrected chi connectivity index (χ2v) is 7.95. The summed E-state index contributed by atoms with van der Waals surface area (Å²) in [6, 6.07) is 7.03. The smallest absolute Gasteiger partial charge is 0.243 e. The maximum Gasteiger partial charge on any atom is 0.243 e. The predicted octanol–water partition coefficient (Wildman–Crippen LogP) is 2.24. The van der Waals surface area contributed by atoms with E-state index in [1.165, 1.54) is 11.5 Å². The Morgan fingerprint density at radius 1 is 1.23 bits per heavy atom. The molecule has 3 rings (SSSR count). The normalized spacial score (nSPS) is 16.0. The maximum absolute atomic E-state index is 12.4. The molecule has 118 valence electrons. The van der Waals surface area contributed by atoms with E-state index in [2.05, 4.69) is 14.7 Å². The SMILES string of the molecule is Cc1nsc(NCc2ccc(S(=O)(=O)N3CCCC3)cc2)n1. The zero-order chi connectivity index (χ0) is 15.6. The van der Waals surface area contributed by atoms with Crippen molar-refractivity contribution in [1.29, 1.82) is 0 Å². The molecule has 0 radical (unpaired) electrons. The summed E-state index contributed by atoms with van der Waals surface area (Å²) in [4.78, 5) is 4.59. The molecule has 0 bridgehead atoms. The molecular weight excluding hydrogens is 320 g/mol. The molecular formula is C14H18N4O2S2. The quantitative estimate of drug-likeness (QED) is 0.905. The Morgan fingerprint density at radius 3 is 2.50 bits per heavy atom. The zero-order valence-corrected chi connectivity index (χ0v) is 14.0. The number of sulfonamides is 1. The van der Waals surface area contributed by atoms with Gasteiger partial charge in [0.05, 0.1) is 4.90 Å². The second kappa shape index (κ2) is 6.31. The molecule has 0 spiro atoms. The number of anilines is 1. The molecule has 8 heteroatoms. The Labute approximate surface area is 134 Å². The van der Waals surface area contributed by atoms with Crippen LogP contribution in [-0.4, -0.2) is 35.2 Å². The van der Waals surface area contributed by atoms with Crippen molar-refractivity contribution in [3.05, 3.63) is 35.7 Å². The minimum Gasteiger partial charge on any atom is -0.356 e. The lowest BCUT2D eigenvalue weighted by Gasteiger charge is -2.15. The molecule has 2 aromatic rings. The van der Waals surface area contributed by atoms with Crippen LogP contribution in [-0.2, 0) is 16.6 Å². The average Bonchev–Trinajstić information content (AvgIpc) is 3.17. The highest BCUT2D eigenvalue weighted by atomic mass is 32.2. The summed E-state index contributed by atoms with van der Waals surface area (Å²) in [6.07, 6.45) is 1.89. The van der Waals surface area contributed by atoms with Gasteiger partial charge in [0.15, 0.2) is 0 Å². The maximum atomic E-state index is 12.4. The molecule has 0 aliphatic carbocycles. The van der Waals surface area contributed by atoms with Gasteiger partial charge in [-0.15, -0.1) is 0 Å². The molecule has 6 nitrogen and oxygen atoms in total. The van der Waals surface area contributed by atoms with Gasteiger partial charge in [-0.1, -0.05) is 12.1 Å². The molecule has 1 fully saturated rings. The van der Waals surface area contributed by atoms with Crippen LogP contribution in [0.25, 0.3) is 0 Å². The topological polar surface area (TPSA) is 75.2 Å². The zero-order valence-electron chi connectivity index (χ0n) is 12.3. The number of hydrogen-bond acceptors (Lipinski definition) is 6. The van der Waals surface area contributed by atoms with E-state index in [-0.39, 0.29) is 0 Å². The first-order valence-electron chi connectivity index (χ1n) is 7.19. The van der Waals surface area contributed by atoms with Gasteiger partial charge in [-0.2, -0.15) is 8.68 Å². The summed E-state index contributed by atoms with van der Waals surface area (Å²) in [5.41, 5.74) is 1.01. The number of benzene rings is 1. The van der Waals surface area contributed by atoms with Gasteiger partial charge in [0.1, 0.15) is 5.82 Å².